The average Bonchev–Trinajstić information content (AvgIpc) is 3.13. The number of rotatable bonds is 5. The number of amides is 1. The first-order chi connectivity index (χ1) is 12.8. The van der Waals surface area contributed by atoms with E-state index in [2.05, 4.69) is 20.4 Å². The minimum atomic E-state index is -4.53. The van der Waals surface area contributed by atoms with Crippen LogP contribution < -0.4 is 5.32 Å². The Labute approximate surface area is 153 Å². The van der Waals surface area contributed by atoms with E-state index in [4.69, 9.17) is 0 Å². The number of carbonyl (C=O) groups is 1. The Balaban J connectivity index is 1.60. The van der Waals surface area contributed by atoms with Crippen molar-refractivity contribution in [3.05, 3.63) is 77.1 Å². The normalized spacial score (nSPS) is 11.4. The molecule has 140 valence electrons. The maximum Gasteiger partial charge on any atom is 0.433 e. The molecule has 0 unspecified atom stereocenters. The number of carbonyl (C=O) groups excluding carboxylic acids is 1. The molecule has 3 aromatic rings. The number of alkyl halides is 3. The number of aromatic nitrogens is 4. The highest BCUT2D eigenvalue weighted by Crippen LogP contribution is 2.28. The molecular weight excluding hydrogens is 359 g/mol. The highest BCUT2D eigenvalue weighted by Gasteiger charge is 2.33. The zero-order valence-corrected chi connectivity index (χ0v) is 14.4. The predicted octanol–water partition coefficient (Wildman–Crippen LogP) is 2.98. The van der Waals surface area contributed by atoms with Crippen molar-refractivity contribution in [3.8, 4) is 0 Å². The number of benzene rings is 1. The Morgan fingerprint density at radius 2 is 1.81 bits per heavy atom. The predicted molar refractivity (Wildman–Crippen MR) is 90.7 cm³/mol. The molecule has 1 amide bonds. The maximum absolute atomic E-state index is 12.6. The van der Waals surface area contributed by atoms with Gasteiger partial charge < -0.3 is 5.32 Å². The van der Waals surface area contributed by atoms with E-state index in [1.54, 1.807) is 11.0 Å². The summed E-state index contributed by atoms with van der Waals surface area (Å²) in [5.41, 5.74) is 1.03. The topological polar surface area (TPSA) is 72.7 Å². The third-order valence-corrected chi connectivity index (χ3v) is 3.91. The largest absolute Gasteiger partial charge is 0.433 e. The van der Waals surface area contributed by atoms with Crippen molar-refractivity contribution in [2.24, 2.45) is 0 Å². The Hall–Kier alpha value is -3.23. The summed E-state index contributed by atoms with van der Waals surface area (Å²) in [5.74, 6) is -0.472. The molecule has 6 nitrogen and oxygen atoms in total. The average molecular weight is 375 g/mol. The second-order valence-corrected chi connectivity index (χ2v) is 5.92. The number of hydrogen-bond donors (Lipinski definition) is 1. The SMILES string of the molecule is Cc1nc(C(F)(F)F)ccc1C(=O)NCc1ccc(Cn2cncn2)cc1. The van der Waals surface area contributed by atoms with Gasteiger partial charge in [0.2, 0.25) is 0 Å². The van der Waals surface area contributed by atoms with Crippen molar-refractivity contribution in [2.45, 2.75) is 26.2 Å². The van der Waals surface area contributed by atoms with Crippen LogP contribution in [0.2, 0.25) is 0 Å². The van der Waals surface area contributed by atoms with Crippen molar-refractivity contribution in [2.75, 3.05) is 0 Å². The molecule has 0 bridgehead atoms. The molecule has 0 aliphatic heterocycles. The summed E-state index contributed by atoms with van der Waals surface area (Å²) >= 11 is 0. The molecule has 0 aliphatic rings. The molecule has 1 aromatic carbocycles. The summed E-state index contributed by atoms with van der Waals surface area (Å²) in [5, 5.41) is 6.72. The van der Waals surface area contributed by atoms with Crippen LogP contribution in [-0.4, -0.2) is 25.7 Å². The Morgan fingerprint density at radius 1 is 1.11 bits per heavy atom. The van der Waals surface area contributed by atoms with Gasteiger partial charge in [-0.25, -0.2) is 14.6 Å². The number of hydrogen-bond acceptors (Lipinski definition) is 4. The monoisotopic (exact) mass is 375 g/mol. The number of pyridine rings is 1. The fourth-order valence-corrected chi connectivity index (χ4v) is 2.50. The van der Waals surface area contributed by atoms with Gasteiger partial charge in [-0.05, 0) is 30.2 Å². The van der Waals surface area contributed by atoms with Gasteiger partial charge in [-0.2, -0.15) is 18.3 Å². The van der Waals surface area contributed by atoms with Gasteiger partial charge >= 0.3 is 6.18 Å². The van der Waals surface area contributed by atoms with Crippen LogP contribution in [0, 0.1) is 6.92 Å². The third kappa shape index (κ3) is 4.69. The van der Waals surface area contributed by atoms with Crippen molar-refractivity contribution in [3.63, 3.8) is 0 Å². The Bertz CT molecular complexity index is 921. The lowest BCUT2D eigenvalue weighted by Gasteiger charge is -2.11. The molecule has 2 heterocycles. The van der Waals surface area contributed by atoms with Crippen molar-refractivity contribution < 1.29 is 18.0 Å². The fourth-order valence-electron chi connectivity index (χ4n) is 2.50. The van der Waals surface area contributed by atoms with Crippen LogP contribution in [0.5, 0.6) is 0 Å². The van der Waals surface area contributed by atoms with Gasteiger partial charge in [-0.1, -0.05) is 24.3 Å². The molecule has 0 fully saturated rings. The van der Waals surface area contributed by atoms with E-state index in [9.17, 15) is 18.0 Å². The minimum Gasteiger partial charge on any atom is -0.348 e. The van der Waals surface area contributed by atoms with Gasteiger partial charge in [-0.15, -0.1) is 0 Å². The lowest BCUT2D eigenvalue weighted by molar-refractivity contribution is -0.141. The standard InChI is InChI=1S/C18H16F3N5O/c1-12-15(6-7-16(25-12)18(19,20)21)17(27)23-8-13-2-4-14(5-3-13)9-26-11-22-10-24-26/h2-7,10-11H,8-9H2,1H3,(H,23,27). The number of halogens is 3. The summed E-state index contributed by atoms with van der Waals surface area (Å²) < 4.78 is 39.6. The number of nitrogens with one attached hydrogen (secondary N) is 1. The second-order valence-electron chi connectivity index (χ2n) is 5.92. The second kappa shape index (κ2) is 7.56. The molecule has 0 saturated heterocycles. The van der Waals surface area contributed by atoms with Crippen molar-refractivity contribution in [1.82, 2.24) is 25.1 Å². The minimum absolute atomic E-state index is 0.0329. The molecule has 0 atom stereocenters. The zero-order valence-electron chi connectivity index (χ0n) is 14.4. The lowest BCUT2D eigenvalue weighted by atomic mass is 10.1. The smallest absolute Gasteiger partial charge is 0.348 e. The van der Waals surface area contributed by atoms with Crippen LogP contribution in [-0.2, 0) is 19.3 Å². The molecular formula is C18H16F3N5O. The molecule has 2 aromatic heterocycles. The molecule has 3 rings (SSSR count). The first kappa shape index (κ1) is 18.6. The van der Waals surface area contributed by atoms with Crippen LogP contribution in [0.1, 0.15) is 32.9 Å². The van der Waals surface area contributed by atoms with E-state index in [1.807, 2.05) is 24.3 Å². The van der Waals surface area contributed by atoms with Crippen LogP contribution in [0.25, 0.3) is 0 Å². The molecule has 0 spiro atoms. The van der Waals surface area contributed by atoms with Crippen LogP contribution >= 0.6 is 0 Å². The summed E-state index contributed by atoms with van der Waals surface area (Å²) in [4.78, 5) is 19.6. The summed E-state index contributed by atoms with van der Waals surface area (Å²) in [7, 11) is 0. The first-order valence-corrected chi connectivity index (χ1v) is 8.06. The highest BCUT2D eigenvalue weighted by molar-refractivity contribution is 5.95. The van der Waals surface area contributed by atoms with E-state index in [0.29, 0.717) is 6.54 Å². The summed E-state index contributed by atoms with van der Waals surface area (Å²) in [6.07, 6.45) is -1.45. The lowest BCUT2D eigenvalue weighted by Crippen LogP contribution is -2.24. The van der Waals surface area contributed by atoms with Gasteiger partial charge in [-0.3, -0.25) is 4.79 Å². The number of aryl methyl sites for hydroxylation is 1. The van der Waals surface area contributed by atoms with E-state index < -0.39 is 17.8 Å². The molecule has 9 heteroatoms. The van der Waals surface area contributed by atoms with Gasteiger partial charge in [0, 0.05) is 6.54 Å². The van der Waals surface area contributed by atoms with E-state index in [-0.39, 0.29) is 17.8 Å². The Morgan fingerprint density at radius 3 is 2.41 bits per heavy atom. The molecule has 0 radical (unpaired) electrons. The van der Waals surface area contributed by atoms with E-state index >= 15 is 0 Å². The third-order valence-electron chi connectivity index (χ3n) is 3.91. The van der Waals surface area contributed by atoms with Gasteiger partial charge in [0.15, 0.2) is 0 Å². The van der Waals surface area contributed by atoms with Crippen LogP contribution in [0.3, 0.4) is 0 Å². The first-order valence-electron chi connectivity index (χ1n) is 8.06. The van der Waals surface area contributed by atoms with Gasteiger partial charge in [0.05, 0.1) is 17.8 Å². The van der Waals surface area contributed by atoms with Gasteiger partial charge in [0.25, 0.3) is 5.91 Å². The van der Waals surface area contributed by atoms with Gasteiger partial charge in [0.1, 0.15) is 18.3 Å². The maximum atomic E-state index is 12.6. The molecule has 0 aliphatic carbocycles. The summed E-state index contributed by atoms with van der Waals surface area (Å²) in [6.45, 7) is 2.22. The summed E-state index contributed by atoms with van der Waals surface area (Å²) in [6, 6.07) is 9.50. The molecule has 1 N–H and O–H groups in total. The molecule has 0 saturated carbocycles. The van der Waals surface area contributed by atoms with Crippen LogP contribution in [0.4, 0.5) is 13.2 Å². The Kier molecular flexibility index (Phi) is 5.20. The fraction of sp³-hybridized carbons (Fsp3) is 0.222. The van der Waals surface area contributed by atoms with E-state index in [0.717, 1.165) is 23.3 Å². The quantitative estimate of drug-likeness (QED) is 0.744. The van der Waals surface area contributed by atoms with Crippen molar-refractivity contribution >= 4 is 5.91 Å². The molecule has 27 heavy (non-hydrogen) atoms. The number of nitrogens with zero attached hydrogens (tertiary/aromatic N) is 4. The highest BCUT2D eigenvalue weighted by atomic mass is 19.4. The van der Waals surface area contributed by atoms with E-state index in [1.165, 1.54) is 13.3 Å². The van der Waals surface area contributed by atoms with Crippen LogP contribution in [0.15, 0.2) is 49.1 Å². The van der Waals surface area contributed by atoms with Crippen molar-refractivity contribution in [1.29, 1.82) is 0 Å². The zero-order chi connectivity index (χ0) is 19.4.